The number of imidazole rings is 1. The summed E-state index contributed by atoms with van der Waals surface area (Å²) in [4.78, 5) is 4.46. The van der Waals surface area contributed by atoms with Crippen LogP contribution in [0.5, 0.6) is 0 Å². The Labute approximate surface area is 136 Å². The number of aromatic nitrogens is 2. The zero-order chi connectivity index (χ0) is 14.3. The number of nitrogens with zero attached hydrogens (tertiary/aromatic N) is 2. The van der Waals surface area contributed by atoms with Crippen LogP contribution in [-0.2, 0) is 5.88 Å². The van der Waals surface area contributed by atoms with Crippen LogP contribution >= 0.6 is 43.5 Å². The number of para-hydroxylation sites is 1. The molecule has 3 rings (SSSR count). The molecule has 2 aromatic carbocycles. The van der Waals surface area contributed by atoms with E-state index in [4.69, 9.17) is 11.6 Å². The summed E-state index contributed by atoms with van der Waals surface area (Å²) in [6, 6.07) is 10.8. The van der Waals surface area contributed by atoms with Crippen molar-refractivity contribution in [2.75, 3.05) is 0 Å². The third-order valence-corrected chi connectivity index (χ3v) is 4.50. The van der Waals surface area contributed by atoms with Crippen LogP contribution in [0.3, 0.4) is 0 Å². The Hall–Kier alpha value is -0.910. The molecule has 0 amide bonds. The molecule has 1 heterocycles. The largest absolute Gasteiger partial charge is 0.294 e. The summed E-state index contributed by atoms with van der Waals surface area (Å²) in [5.41, 5.74) is 2.27. The van der Waals surface area contributed by atoms with Gasteiger partial charge in [-0.15, -0.1) is 11.6 Å². The van der Waals surface area contributed by atoms with E-state index in [9.17, 15) is 4.39 Å². The molecule has 102 valence electrons. The zero-order valence-corrected chi connectivity index (χ0v) is 14.0. The average Bonchev–Trinajstić information content (AvgIpc) is 2.77. The Morgan fingerprint density at radius 1 is 1.15 bits per heavy atom. The van der Waals surface area contributed by atoms with Gasteiger partial charge in [0.1, 0.15) is 11.6 Å². The Morgan fingerprint density at radius 3 is 2.60 bits per heavy atom. The molecule has 0 radical (unpaired) electrons. The van der Waals surface area contributed by atoms with E-state index in [1.807, 2.05) is 28.8 Å². The Balaban J connectivity index is 2.39. The molecular formula is C14H8Br2ClFN2. The monoisotopic (exact) mass is 416 g/mol. The number of alkyl halides is 1. The van der Waals surface area contributed by atoms with Crippen molar-refractivity contribution >= 4 is 54.5 Å². The van der Waals surface area contributed by atoms with Crippen LogP contribution in [0.1, 0.15) is 5.82 Å². The number of fused-ring (bicyclic) bond motifs is 1. The summed E-state index contributed by atoms with van der Waals surface area (Å²) in [5, 5.41) is 0. The van der Waals surface area contributed by atoms with Crippen molar-refractivity contribution in [3.05, 3.63) is 57.0 Å². The standard InChI is InChI=1S/C14H8Br2ClFN2/c15-8-3-1-2-4-12(8)20-13-6-10(18)9(16)5-11(13)19-14(20)7-17/h1-6H,7H2. The lowest BCUT2D eigenvalue weighted by atomic mass is 10.2. The summed E-state index contributed by atoms with van der Waals surface area (Å²) in [6.07, 6.45) is 0. The van der Waals surface area contributed by atoms with Gasteiger partial charge >= 0.3 is 0 Å². The van der Waals surface area contributed by atoms with E-state index in [1.165, 1.54) is 6.07 Å². The second-order valence-electron chi connectivity index (χ2n) is 4.20. The summed E-state index contributed by atoms with van der Waals surface area (Å²) < 4.78 is 17.0. The van der Waals surface area contributed by atoms with Gasteiger partial charge in [-0.1, -0.05) is 12.1 Å². The first-order valence-electron chi connectivity index (χ1n) is 5.79. The first-order chi connectivity index (χ1) is 9.61. The summed E-state index contributed by atoms with van der Waals surface area (Å²) >= 11 is 12.7. The molecule has 0 bridgehead atoms. The molecule has 0 saturated heterocycles. The molecule has 0 aliphatic heterocycles. The molecule has 0 aliphatic rings. The van der Waals surface area contributed by atoms with Crippen molar-refractivity contribution in [2.24, 2.45) is 0 Å². The maximum Gasteiger partial charge on any atom is 0.139 e. The van der Waals surface area contributed by atoms with Crippen LogP contribution in [0.4, 0.5) is 4.39 Å². The van der Waals surface area contributed by atoms with Gasteiger partial charge in [-0.25, -0.2) is 9.37 Å². The van der Waals surface area contributed by atoms with Crippen LogP contribution in [0.2, 0.25) is 0 Å². The Bertz CT molecular complexity index is 801. The summed E-state index contributed by atoms with van der Waals surface area (Å²) in [7, 11) is 0. The van der Waals surface area contributed by atoms with E-state index in [0.29, 0.717) is 21.3 Å². The van der Waals surface area contributed by atoms with Crippen molar-refractivity contribution < 1.29 is 4.39 Å². The highest BCUT2D eigenvalue weighted by Gasteiger charge is 2.15. The fourth-order valence-electron chi connectivity index (χ4n) is 2.11. The van der Waals surface area contributed by atoms with E-state index >= 15 is 0 Å². The van der Waals surface area contributed by atoms with Crippen LogP contribution in [0, 0.1) is 5.82 Å². The van der Waals surface area contributed by atoms with Gasteiger partial charge in [0.25, 0.3) is 0 Å². The highest BCUT2D eigenvalue weighted by atomic mass is 79.9. The fourth-order valence-corrected chi connectivity index (χ4v) is 3.09. The summed E-state index contributed by atoms with van der Waals surface area (Å²) in [5.74, 6) is 0.591. The number of rotatable bonds is 2. The van der Waals surface area contributed by atoms with Gasteiger partial charge in [0.05, 0.1) is 27.1 Å². The van der Waals surface area contributed by atoms with Crippen LogP contribution in [0.25, 0.3) is 16.7 Å². The van der Waals surface area contributed by atoms with Crippen molar-refractivity contribution in [1.82, 2.24) is 9.55 Å². The predicted octanol–water partition coefficient (Wildman–Crippen LogP) is 5.43. The van der Waals surface area contributed by atoms with E-state index in [1.54, 1.807) is 6.07 Å². The molecule has 20 heavy (non-hydrogen) atoms. The quantitative estimate of drug-likeness (QED) is 0.508. The maximum atomic E-state index is 13.8. The number of hydrogen-bond donors (Lipinski definition) is 0. The minimum atomic E-state index is -0.327. The first-order valence-corrected chi connectivity index (χ1v) is 7.91. The molecule has 6 heteroatoms. The molecular weight excluding hydrogens is 410 g/mol. The normalized spacial score (nSPS) is 11.2. The lowest BCUT2D eigenvalue weighted by Crippen LogP contribution is -2.00. The molecule has 0 fully saturated rings. The molecule has 0 saturated carbocycles. The van der Waals surface area contributed by atoms with E-state index in [2.05, 4.69) is 36.8 Å². The topological polar surface area (TPSA) is 17.8 Å². The lowest BCUT2D eigenvalue weighted by molar-refractivity contribution is 0.622. The Kier molecular flexibility index (Phi) is 3.84. The first kappa shape index (κ1) is 14.0. The number of benzene rings is 2. The minimum absolute atomic E-state index is 0.245. The highest BCUT2D eigenvalue weighted by Crippen LogP contribution is 2.30. The van der Waals surface area contributed by atoms with Gasteiger partial charge in [-0.3, -0.25) is 4.57 Å². The van der Waals surface area contributed by atoms with Crippen molar-refractivity contribution in [3.8, 4) is 5.69 Å². The smallest absolute Gasteiger partial charge is 0.139 e. The maximum absolute atomic E-state index is 13.8. The van der Waals surface area contributed by atoms with Crippen LogP contribution in [0.15, 0.2) is 45.3 Å². The third kappa shape index (κ3) is 2.28. The van der Waals surface area contributed by atoms with Gasteiger partial charge in [-0.05, 0) is 50.1 Å². The van der Waals surface area contributed by atoms with Gasteiger partial charge < -0.3 is 0 Å². The van der Waals surface area contributed by atoms with E-state index in [-0.39, 0.29) is 11.7 Å². The molecule has 0 spiro atoms. The number of hydrogen-bond acceptors (Lipinski definition) is 1. The third-order valence-electron chi connectivity index (χ3n) is 2.98. The zero-order valence-electron chi connectivity index (χ0n) is 10.1. The van der Waals surface area contributed by atoms with E-state index < -0.39 is 0 Å². The minimum Gasteiger partial charge on any atom is -0.294 e. The molecule has 0 unspecified atom stereocenters. The second kappa shape index (κ2) is 5.47. The Morgan fingerprint density at radius 2 is 1.90 bits per heavy atom. The van der Waals surface area contributed by atoms with Crippen LogP contribution in [-0.4, -0.2) is 9.55 Å². The summed E-state index contributed by atoms with van der Waals surface area (Å²) in [6.45, 7) is 0. The van der Waals surface area contributed by atoms with Crippen molar-refractivity contribution in [2.45, 2.75) is 5.88 Å². The van der Waals surface area contributed by atoms with Gasteiger partial charge in [0.15, 0.2) is 0 Å². The molecule has 2 nitrogen and oxygen atoms in total. The van der Waals surface area contributed by atoms with Crippen molar-refractivity contribution in [1.29, 1.82) is 0 Å². The van der Waals surface area contributed by atoms with Gasteiger partial charge in [0.2, 0.25) is 0 Å². The molecule has 0 atom stereocenters. The average molecular weight is 418 g/mol. The molecule has 0 aliphatic carbocycles. The molecule has 1 aromatic heterocycles. The van der Waals surface area contributed by atoms with Gasteiger partial charge in [-0.2, -0.15) is 0 Å². The lowest BCUT2D eigenvalue weighted by Gasteiger charge is -2.10. The fraction of sp³-hybridized carbons (Fsp3) is 0.0714. The SMILES string of the molecule is Fc1cc2c(cc1Br)nc(CCl)n2-c1ccccc1Br. The number of halogens is 4. The molecule has 0 N–H and O–H groups in total. The second-order valence-corrected chi connectivity index (χ2v) is 6.18. The highest BCUT2D eigenvalue weighted by molar-refractivity contribution is 9.10. The molecule has 3 aromatic rings. The van der Waals surface area contributed by atoms with Gasteiger partial charge in [0, 0.05) is 10.5 Å². The predicted molar refractivity (Wildman–Crippen MR) is 86.0 cm³/mol. The van der Waals surface area contributed by atoms with E-state index in [0.717, 1.165) is 10.2 Å². The van der Waals surface area contributed by atoms with Crippen molar-refractivity contribution in [3.63, 3.8) is 0 Å². The van der Waals surface area contributed by atoms with Crippen LogP contribution < -0.4 is 0 Å².